The molecule has 188 valence electrons. The first-order valence-electron chi connectivity index (χ1n) is 11.0. The second kappa shape index (κ2) is 8.85. The molecule has 36 heavy (non-hydrogen) atoms. The summed E-state index contributed by atoms with van der Waals surface area (Å²) in [5.74, 6) is -0.510. The van der Waals surface area contributed by atoms with Crippen molar-refractivity contribution in [2.75, 3.05) is 13.7 Å². The van der Waals surface area contributed by atoms with E-state index in [-0.39, 0.29) is 11.3 Å². The lowest BCUT2D eigenvalue weighted by Crippen LogP contribution is -2.41. The lowest BCUT2D eigenvalue weighted by Gasteiger charge is -2.22. The van der Waals surface area contributed by atoms with Crippen LogP contribution in [0.4, 0.5) is 18.0 Å². The van der Waals surface area contributed by atoms with E-state index in [9.17, 15) is 27.6 Å². The van der Waals surface area contributed by atoms with Gasteiger partial charge in [0, 0.05) is 22.6 Å². The van der Waals surface area contributed by atoms with Crippen molar-refractivity contribution in [1.82, 2.24) is 14.8 Å². The standard InChI is InChI=1S/C26H24F3N3O4/c1-15-12-21(16(2)32(15)19-7-5-6-18(13-19)26(27,28)29)22(33)14-31-23(34)25(3,30-24(31)35)17-8-10-20(36-4)11-9-17/h5-13H,14H2,1-4H3,(H,30,35). The number of aromatic nitrogens is 1. The molecule has 1 saturated heterocycles. The molecule has 0 aliphatic carbocycles. The monoisotopic (exact) mass is 499 g/mol. The van der Waals surface area contributed by atoms with Crippen LogP contribution in [0.1, 0.15) is 39.8 Å². The molecule has 10 heteroatoms. The first kappa shape index (κ1) is 25.0. The van der Waals surface area contributed by atoms with Gasteiger partial charge in [-0.15, -0.1) is 0 Å². The number of amides is 3. The number of ether oxygens (including phenoxy) is 1. The summed E-state index contributed by atoms with van der Waals surface area (Å²) < 4.78 is 46.3. The summed E-state index contributed by atoms with van der Waals surface area (Å²) in [5, 5.41) is 2.65. The van der Waals surface area contributed by atoms with E-state index in [2.05, 4.69) is 5.32 Å². The number of methoxy groups -OCH3 is 1. The smallest absolute Gasteiger partial charge is 0.416 e. The van der Waals surface area contributed by atoms with Crippen LogP contribution in [0.25, 0.3) is 5.69 Å². The Bertz CT molecular complexity index is 1360. The molecular weight excluding hydrogens is 475 g/mol. The number of carbonyl (C=O) groups excluding carboxylic acids is 3. The van der Waals surface area contributed by atoms with Gasteiger partial charge in [-0.25, -0.2) is 4.79 Å². The fourth-order valence-electron chi connectivity index (χ4n) is 4.45. The van der Waals surface area contributed by atoms with Gasteiger partial charge in [0.15, 0.2) is 5.78 Å². The molecule has 4 rings (SSSR count). The summed E-state index contributed by atoms with van der Waals surface area (Å²) in [6.07, 6.45) is -4.51. The van der Waals surface area contributed by atoms with Crippen molar-refractivity contribution in [1.29, 1.82) is 0 Å². The van der Waals surface area contributed by atoms with Gasteiger partial charge in [-0.3, -0.25) is 14.5 Å². The number of benzene rings is 2. The third-order valence-corrected chi connectivity index (χ3v) is 6.41. The zero-order valence-corrected chi connectivity index (χ0v) is 20.1. The van der Waals surface area contributed by atoms with Crippen molar-refractivity contribution in [3.8, 4) is 11.4 Å². The quantitative estimate of drug-likeness (QED) is 0.391. The maximum Gasteiger partial charge on any atom is 0.416 e. The molecule has 2 heterocycles. The minimum atomic E-state index is -4.51. The van der Waals surface area contributed by atoms with E-state index in [1.54, 1.807) is 51.1 Å². The number of urea groups is 1. The highest BCUT2D eigenvalue weighted by Crippen LogP contribution is 2.33. The van der Waals surface area contributed by atoms with Gasteiger partial charge in [0.2, 0.25) is 0 Å². The van der Waals surface area contributed by atoms with Gasteiger partial charge in [-0.2, -0.15) is 13.2 Å². The largest absolute Gasteiger partial charge is 0.497 e. The molecule has 2 aromatic carbocycles. The zero-order valence-electron chi connectivity index (χ0n) is 20.1. The average Bonchev–Trinajstić information content (AvgIpc) is 3.25. The summed E-state index contributed by atoms with van der Waals surface area (Å²) in [6, 6.07) is 12.3. The number of Topliss-reactive ketones (excluding diaryl/α,β-unsaturated/α-hetero) is 1. The fourth-order valence-corrected chi connectivity index (χ4v) is 4.45. The van der Waals surface area contributed by atoms with E-state index < -0.39 is 41.5 Å². The highest BCUT2D eigenvalue weighted by molar-refractivity contribution is 6.11. The number of imide groups is 1. The maximum atomic E-state index is 13.2. The Morgan fingerprint density at radius 1 is 1.06 bits per heavy atom. The van der Waals surface area contributed by atoms with Crippen molar-refractivity contribution < 1.29 is 32.3 Å². The average molecular weight is 499 g/mol. The van der Waals surface area contributed by atoms with Gasteiger partial charge >= 0.3 is 12.2 Å². The van der Waals surface area contributed by atoms with Crippen molar-refractivity contribution in [2.45, 2.75) is 32.5 Å². The lowest BCUT2D eigenvalue weighted by molar-refractivity contribution is -0.137. The van der Waals surface area contributed by atoms with Crippen molar-refractivity contribution >= 4 is 17.7 Å². The molecule has 1 aromatic heterocycles. The second-order valence-corrected chi connectivity index (χ2v) is 8.77. The van der Waals surface area contributed by atoms with Crippen LogP contribution in [0.3, 0.4) is 0 Å². The summed E-state index contributed by atoms with van der Waals surface area (Å²) in [6.45, 7) is 4.31. The second-order valence-electron chi connectivity index (χ2n) is 8.77. The Morgan fingerprint density at radius 3 is 2.33 bits per heavy atom. The van der Waals surface area contributed by atoms with Crippen LogP contribution in [0.2, 0.25) is 0 Å². The lowest BCUT2D eigenvalue weighted by atomic mass is 9.92. The number of aryl methyl sites for hydroxylation is 1. The minimum absolute atomic E-state index is 0.212. The normalized spacial score (nSPS) is 17.9. The van der Waals surface area contributed by atoms with Gasteiger partial charge in [0.05, 0.1) is 19.2 Å². The van der Waals surface area contributed by atoms with Crippen LogP contribution in [0.15, 0.2) is 54.6 Å². The molecule has 0 saturated carbocycles. The molecule has 1 aliphatic heterocycles. The first-order chi connectivity index (χ1) is 16.9. The van der Waals surface area contributed by atoms with Crippen LogP contribution >= 0.6 is 0 Å². The third-order valence-electron chi connectivity index (χ3n) is 6.41. The summed E-state index contributed by atoms with van der Waals surface area (Å²) in [4.78, 5) is 39.9. The number of hydrogen-bond donors (Lipinski definition) is 1. The molecule has 3 aromatic rings. The van der Waals surface area contributed by atoms with Crippen LogP contribution in [-0.4, -0.2) is 40.8 Å². The van der Waals surface area contributed by atoms with Gasteiger partial charge < -0.3 is 14.6 Å². The molecule has 0 radical (unpaired) electrons. The molecule has 1 N–H and O–H groups in total. The van der Waals surface area contributed by atoms with E-state index in [1.807, 2.05) is 0 Å². The molecule has 0 spiro atoms. The molecule has 1 aliphatic rings. The van der Waals surface area contributed by atoms with Crippen LogP contribution < -0.4 is 10.1 Å². The minimum Gasteiger partial charge on any atom is -0.497 e. The molecule has 1 fully saturated rings. The third kappa shape index (κ3) is 4.23. The number of nitrogens with zero attached hydrogens (tertiary/aromatic N) is 2. The molecule has 1 unspecified atom stereocenters. The van der Waals surface area contributed by atoms with E-state index in [0.717, 1.165) is 17.0 Å². The molecular formula is C26H24F3N3O4. The topological polar surface area (TPSA) is 80.6 Å². The predicted molar refractivity (Wildman–Crippen MR) is 125 cm³/mol. The molecule has 1 atom stereocenters. The number of alkyl halides is 3. The number of rotatable bonds is 6. The van der Waals surface area contributed by atoms with E-state index in [1.165, 1.54) is 23.8 Å². The Kier molecular flexibility index (Phi) is 6.15. The van der Waals surface area contributed by atoms with Crippen LogP contribution in [0.5, 0.6) is 5.75 Å². The Balaban J connectivity index is 1.60. The van der Waals surface area contributed by atoms with E-state index >= 15 is 0 Å². The maximum absolute atomic E-state index is 13.2. The predicted octanol–water partition coefficient (Wildman–Crippen LogP) is 4.77. The number of halogens is 3. The van der Waals surface area contributed by atoms with Crippen LogP contribution in [-0.2, 0) is 16.5 Å². The SMILES string of the molecule is COc1ccc(C2(C)NC(=O)N(CC(=O)c3cc(C)n(-c4cccc(C(F)(F)F)c4)c3C)C2=O)cc1. The zero-order chi connectivity index (χ0) is 26.4. The van der Waals surface area contributed by atoms with Crippen LogP contribution in [0, 0.1) is 13.8 Å². The van der Waals surface area contributed by atoms with E-state index in [0.29, 0.717) is 22.7 Å². The molecule has 7 nitrogen and oxygen atoms in total. The van der Waals surface area contributed by atoms with Gasteiger partial charge in [-0.1, -0.05) is 18.2 Å². The fraction of sp³-hybridized carbons (Fsp3) is 0.269. The van der Waals surface area contributed by atoms with E-state index in [4.69, 9.17) is 4.74 Å². The first-order valence-corrected chi connectivity index (χ1v) is 11.0. The van der Waals surface area contributed by atoms with Gasteiger partial charge in [0.25, 0.3) is 5.91 Å². The Morgan fingerprint density at radius 2 is 1.72 bits per heavy atom. The van der Waals surface area contributed by atoms with Crippen molar-refractivity contribution in [2.24, 2.45) is 0 Å². The highest BCUT2D eigenvalue weighted by Gasteiger charge is 2.49. The summed E-state index contributed by atoms with van der Waals surface area (Å²) >= 11 is 0. The number of carbonyl (C=O) groups is 3. The number of ketones is 1. The molecule has 3 amide bonds. The summed E-state index contributed by atoms with van der Waals surface area (Å²) in [5.41, 5.74) is -0.239. The summed E-state index contributed by atoms with van der Waals surface area (Å²) in [7, 11) is 1.51. The van der Waals surface area contributed by atoms with Crippen molar-refractivity contribution in [3.05, 3.63) is 82.7 Å². The van der Waals surface area contributed by atoms with Crippen molar-refractivity contribution in [3.63, 3.8) is 0 Å². The Hall–Kier alpha value is -4.08. The number of nitrogens with one attached hydrogen (secondary N) is 1. The van der Waals surface area contributed by atoms with Gasteiger partial charge in [0.1, 0.15) is 11.3 Å². The number of hydrogen-bond acceptors (Lipinski definition) is 4. The van der Waals surface area contributed by atoms with Gasteiger partial charge in [-0.05, 0) is 62.7 Å². The highest BCUT2D eigenvalue weighted by atomic mass is 19.4. The molecule has 0 bridgehead atoms. The Labute approximate surface area is 205 Å².